The standard InChI is InChI=1S/C19H26N4O2S/c1-14(18(24)21-22-19(26)20-11-6-12-23(2)3)25-17-10-9-15-7-4-5-8-16(15)13-17/h4-5,7-10,13-14H,6,11-12H2,1-3H3,(H,21,24)(H2,20,22,26)/t14-/m1/s1. The van der Waals surface area contributed by atoms with E-state index in [-0.39, 0.29) is 5.91 Å². The van der Waals surface area contributed by atoms with Crippen LogP contribution in [0.3, 0.4) is 0 Å². The summed E-state index contributed by atoms with van der Waals surface area (Å²) in [6, 6.07) is 13.8. The van der Waals surface area contributed by atoms with E-state index < -0.39 is 6.10 Å². The fraction of sp³-hybridized carbons (Fsp3) is 0.368. The van der Waals surface area contributed by atoms with Crippen LogP contribution in [0.2, 0.25) is 0 Å². The van der Waals surface area contributed by atoms with Gasteiger partial charge in [-0.2, -0.15) is 0 Å². The highest BCUT2D eigenvalue weighted by molar-refractivity contribution is 7.80. The van der Waals surface area contributed by atoms with Crippen LogP contribution >= 0.6 is 12.2 Å². The lowest BCUT2D eigenvalue weighted by atomic mass is 10.1. The number of hydrogen-bond donors (Lipinski definition) is 3. The van der Waals surface area contributed by atoms with Gasteiger partial charge < -0.3 is 15.0 Å². The number of nitrogens with one attached hydrogen (secondary N) is 3. The van der Waals surface area contributed by atoms with Crippen molar-refractivity contribution in [3.63, 3.8) is 0 Å². The molecule has 1 atom stereocenters. The van der Waals surface area contributed by atoms with Gasteiger partial charge in [-0.15, -0.1) is 0 Å². The molecule has 0 aliphatic carbocycles. The van der Waals surface area contributed by atoms with E-state index in [2.05, 4.69) is 21.1 Å². The molecule has 0 bridgehead atoms. The molecule has 1 amide bonds. The maximum atomic E-state index is 12.1. The van der Waals surface area contributed by atoms with Crippen LogP contribution in [0.5, 0.6) is 5.75 Å². The minimum absolute atomic E-state index is 0.296. The summed E-state index contributed by atoms with van der Waals surface area (Å²) in [4.78, 5) is 14.2. The first kappa shape index (κ1) is 19.9. The van der Waals surface area contributed by atoms with Gasteiger partial charge in [-0.3, -0.25) is 15.6 Å². The number of amides is 1. The third-order valence-corrected chi connectivity index (χ3v) is 4.02. The number of carbonyl (C=O) groups excluding carboxylic acids is 1. The third-order valence-electron chi connectivity index (χ3n) is 3.77. The Bertz CT molecular complexity index is 751. The van der Waals surface area contributed by atoms with Gasteiger partial charge in [-0.25, -0.2) is 0 Å². The number of benzene rings is 2. The quantitative estimate of drug-likeness (QED) is 0.392. The molecule has 0 saturated carbocycles. The monoisotopic (exact) mass is 374 g/mol. The van der Waals surface area contributed by atoms with E-state index in [4.69, 9.17) is 17.0 Å². The molecule has 0 unspecified atom stereocenters. The second kappa shape index (κ2) is 9.94. The van der Waals surface area contributed by atoms with E-state index >= 15 is 0 Å². The molecule has 0 aromatic heterocycles. The predicted molar refractivity (Wildman–Crippen MR) is 109 cm³/mol. The summed E-state index contributed by atoms with van der Waals surface area (Å²) < 4.78 is 5.72. The lowest BCUT2D eigenvalue weighted by Crippen LogP contribution is -2.50. The number of thiocarbonyl (C=S) groups is 1. The molecule has 6 nitrogen and oxygen atoms in total. The van der Waals surface area contributed by atoms with Gasteiger partial charge in [0.1, 0.15) is 5.75 Å². The molecule has 2 aromatic carbocycles. The summed E-state index contributed by atoms with van der Waals surface area (Å²) in [5, 5.41) is 5.62. The first-order valence-electron chi connectivity index (χ1n) is 8.59. The molecule has 140 valence electrons. The SMILES string of the molecule is C[C@@H](Oc1ccc2ccccc2c1)C(=O)NNC(=S)NCCCN(C)C. The van der Waals surface area contributed by atoms with Gasteiger partial charge in [0.25, 0.3) is 5.91 Å². The van der Waals surface area contributed by atoms with Crippen molar-refractivity contribution in [2.24, 2.45) is 0 Å². The van der Waals surface area contributed by atoms with Crippen molar-refractivity contribution >= 4 is 34.0 Å². The highest BCUT2D eigenvalue weighted by Crippen LogP contribution is 2.21. The molecule has 2 aromatic rings. The molecule has 3 N–H and O–H groups in total. The molecule has 0 saturated heterocycles. The van der Waals surface area contributed by atoms with E-state index in [1.807, 2.05) is 56.6 Å². The first-order chi connectivity index (χ1) is 12.5. The van der Waals surface area contributed by atoms with Gasteiger partial charge >= 0.3 is 0 Å². The highest BCUT2D eigenvalue weighted by atomic mass is 32.1. The Kier molecular flexibility index (Phi) is 7.62. The normalized spacial score (nSPS) is 11.8. The fourth-order valence-electron chi connectivity index (χ4n) is 2.36. The predicted octanol–water partition coefficient (Wildman–Crippen LogP) is 2.05. The van der Waals surface area contributed by atoms with E-state index in [1.54, 1.807) is 6.92 Å². The maximum absolute atomic E-state index is 12.1. The van der Waals surface area contributed by atoms with Crippen LogP contribution in [0.15, 0.2) is 42.5 Å². The molecule has 0 radical (unpaired) electrons. The number of ether oxygens (including phenoxy) is 1. The number of hydrazine groups is 1. The minimum atomic E-state index is -0.653. The van der Waals surface area contributed by atoms with Crippen LogP contribution in [-0.2, 0) is 4.79 Å². The average molecular weight is 375 g/mol. The fourth-order valence-corrected chi connectivity index (χ4v) is 2.51. The van der Waals surface area contributed by atoms with Gasteiger partial charge in [-0.1, -0.05) is 30.3 Å². The Balaban J connectivity index is 1.75. The van der Waals surface area contributed by atoms with Crippen LogP contribution in [0.1, 0.15) is 13.3 Å². The van der Waals surface area contributed by atoms with Crippen molar-refractivity contribution in [2.75, 3.05) is 27.2 Å². The Labute approximate surface area is 159 Å². The van der Waals surface area contributed by atoms with E-state index in [1.165, 1.54) is 0 Å². The Hall–Kier alpha value is -2.38. The summed E-state index contributed by atoms with van der Waals surface area (Å²) >= 11 is 5.13. The Morgan fingerprint density at radius 1 is 1.15 bits per heavy atom. The molecule has 0 heterocycles. The molecule has 7 heteroatoms. The van der Waals surface area contributed by atoms with E-state index in [9.17, 15) is 4.79 Å². The van der Waals surface area contributed by atoms with Crippen LogP contribution in [-0.4, -0.2) is 49.2 Å². The van der Waals surface area contributed by atoms with Gasteiger partial charge in [0.05, 0.1) is 0 Å². The number of carbonyl (C=O) groups is 1. The summed E-state index contributed by atoms with van der Waals surface area (Å²) in [5.41, 5.74) is 5.26. The maximum Gasteiger partial charge on any atom is 0.279 e. The molecule has 0 aliphatic rings. The molecule has 0 aliphatic heterocycles. The Morgan fingerprint density at radius 3 is 2.62 bits per heavy atom. The summed E-state index contributed by atoms with van der Waals surface area (Å²) in [6.07, 6.45) is 0.310. The third kappa shape index (κ3) is 6.50. The van der Waals surface area contributed by atoms with E-state index in [0.717, 1.165) is 30.3 Å². The number of fused-ring (bicyclic) bond motifs is 1. The Morgan fingerprint density at radius 2 is 1.88 bits per heavy atom. The lowest BCUT2D eigenvalue weighted by Gasteiger charge is -2.17. The zero-order valence-electron chi connectivity index (χ0n) is 15.4. The number of hydrogen-bond acceptors (Lipinski definition) is 4. The van der Waals surface area contributed by atoms with Gasteiger partial charge in [-0.05, 0) is 69.1 Å². The zero-order valence-corrected chi connectivity index (χ0v) is 16.2. The van der Waals surface area contributed by atoms with Crippen LogP contribution in [0, 0.1) is 0 Å². The first-order valence-corrected chi connectivity index (χ1v) is 9.00. The second-order valence-corrected chi connectivity index (χ2v) is 6.70. The summed E-state index contributed by atoms with van der Waals surface area (Å²) in [5.74, 6) is 0.353. The van der Waals surface area contributed by atoms with Crippen molar-refractivity contribution in [2.45, 2.75) is 19.4 Å². The molecule has 0 fully saturated rings. The zero-order chi connectivity index (χ0) is 18.9. The molecular formula is C19H26N4O2S. The van der Waals surface area contributed by atoms with Crippen molar-refractivity contribution in [1.29, 1.82) is 0 Å². The second-order valence-electron chi connectivity index (χ2n) is 6.30. The molecular weight excluding hydrogens is 348 g/mol. The smallest absolute Gasteiger partial charge is 0.279 e. The van der Waals surface area contributed by atoms with Crippen LogP contribution in [0.25, 0.3) is 10.8 Å². The van der Waals surface area contributed by atoms with Gasteiger partial charge in [0.2, 0.25) is 0 Å². The number of nitrogens with zero attached hydrogens (tertiary/aromatic N) is 1. The molecule has 2 rings (SSSR count). The van der Waals surface area contributed by atoms with Gasteiger partial charge in [0, 0.05) is 6.54 Å². The topological polar surface area (TPSA) is 65.6 Å². The largest absolute Gasteiger partial charge is 0.481 e. The average Bonchev–Trinajstić information content (AvgIpc) is 2.63. The van der Waals surface area contributed by atoms with Crippen molar-refractivity contribution < 1.29 is 9.53 Å². The summed E-state index contributed by atoms with van der Waals surface area (Å²) in [7, 11) is 4.04. The minimum Gasteiger partial charge on any atom is -0.481 e. The van der Waals surface area contributed by atoms with Gasteiger partial charge in [0.15, 0.2) is 11.2 Å². The lowest BCUT2D eigenvalue weighted by molar-refractivity contribution is -0.127. The van der Waals surface area contributed by atoms with Crippen molar-refractivity contribution in [3.05, 3.63) is 42.5 Å². The number of rotatable bonds is 7. The molecule has 0 spiro atoms. The highest BCUT2D eigenvalue weighted by Gasteiger charge is 2.14. The van der Waals surface area contributed by atoms with Crippen molar-refractivity contribution in [3.8, 4) is 5.75 Å². The van der Waals surface area contributed by atoms with Crippen LogP contribution in [0.4, 0.5) is 0 Å². The van der Waals surface area contributed by atoms with E-state index in [0.29, 0.717) is 10.9 Å². The summed E-state index contributed by atoms with van der Waals surface area (Å²) in [6.45, 7) is 3.40. The van der Waals surface area contributed by atoms with Crippen molar-refractivity contribution in [1.82, 2.24) is 21.1 Å². The van der Waals surface area contributed by atoms with Crippen LogP contribution < -0.4 is 20.9 Å². The molecule has 26 heavy (non-hydrogen) atoms.